The minimum absolute atomic E-state index is 0.0680. The van der Waals surface area contributed by atoms with Crippen LogP contribution in [-0.4, -0.2) is 47.2 Å². The number of nitriles is 1. The lowest BCUT2D eigenvalue weighted by atomic mass is 9.95. The Hall–Kier alpha value is -4.89. The monoisotopic (exact) mass is 662 g/mol. The van der Waals surface area contributed by atoms with Gasteiger partial charge in [0.15, 0.2) is 0 Å². The second kappa shape index (κ2) is 12.0. The van der Waals surface area contributed by atoms with Crippen LogP contribution in [0.2, 0.25) is 5.02 Å². The first kappa shape index (κ1) is 32.1. The number of carbonyl (C=O) groups is 3. The Balaban J connectivity index is 1.40. The highest BCUT2D eigenvalue weighted by atomic mass is 35.5. The molecule has 0 spiro atoms. The number of para-hydroxylation sites is 1. The van der Waals surface area contributed by atoms with Gasteiger partial charge >= 0.3 is 6.18 Å². The number of pyridine rings is 1. The van der Waals surface area contributed by atoms with E-state index in [9.17, 15) is 32.8 Å². The first-order chi connectivity index (χ1) is 22.3. The van der Waals surface area contributed by atoms with Crippen molar-refractivity contribution in [3.63, 3.8) is 0 Å². The van der Waals surface area contributed by atoms with Gasteiger partial charge < -0.3 is 14.7 Å². The SMILES string of the molecule is C=CC(=O)N1Cc2cc(CN3C[C@H]4CC(=O)N(c5cc(C(F)(F)F)cc(C)n5)[C@@H]4C(=O)N(C)c4cccc(Cl)c43)ccc2[C@H]1CC#N. The number of benzene rings is 2. The summed E-state index contributed by atoms with van der Waals surface area (Å²) in [6.45, 7) is 5.81. The second-order valence-corrected chi connectivity index (χ2v) is 12.4. The van der Waals surface area contributed by atoms with E-state index in [0.29, 0.717) is 29.5 Å². The van der Waals surface area contributed by atoms with Gasteiger partial charge in [-0.3, -0.25) is 19.3 Å². The molecule has 3 atom stereocenters. The summed E-state index contributed by atoms with van der Waals surface area (Å²) in [7, 11) is 1.56. The molecule has 2 aromatic carbocycles. The smallest absolute Gasteiger partial charge is 0.364 e. The maximum atomic E-state index is 14.1. The largest absolute Gasteiger partial charge is 0.416 e. The summed E-state index contributed by atoms with van der Waals surface area (Å²) < 4.78 is 41.2. The van der Waals surface area contributed by atoms with Crippen molar-refractivity contribution in [3.8, 4) is 6.07 Å². The van der Waals surface area contributed by atoms with Crippen LogP contribution in [0.15, 0.2) is 61.2 Å². The predicted molar refractivity (Wildman–Crippen MR) is 169 cm³/mol. The lowest BCUT2D eigenvalue weighted by Crippen LogP contribution is -2.52. The highest BCUT2D eigenvalue weighted by molar-refractivity contribution is 6.34. The van der Waals surface area contributed by atoms with Gasteiger partial charge in [-0.15, -0.1) is 0 Å². The molecule has 9 nitrogen and oxygen atoms in total. The minimum atomic E-state index is -4.67. The van der Waals surface area contributed by atoms with Crippen molar-refractivity contribution < 1.29 is 27.6 Å². The number of hydrogen-bond donors (Lipinski definition) is 0. The number of hydrogen-bond acceptors (Lipinski definition) is 6. The molecule has 1 saturated heterocycles. The Kier molecular flexibility index (Phi) is 8.22. The zero-order valence-electron chi connectivity index (χ0n) is 25.6. The van der Waals surface area contributed by atoms with Crippen molar-refractivity contribution in [2.24, 2.45) is 5.92 Å². The molecule has 4 heterocycles. The number of alkyl halides is 3. The molecule has 3 aliphatic heterocycles. The molecule has 0 aliphatic carbocycles. The number of fused-ring (bicyclic) bond motifs is 3. The molecule has 0 radical (unpaired) electrons. The van der Waals surface area contributed by atoms with E-state index in [-0.39, 0.29) is 36.8 Å². The van der Waals surface area contributed by atoms with E-state index < -0.39 is 41.6 Å². The Labute approximate surface area is 274 Å². The van der Waals surface area contributed by atoms with E-state index in [4.69, 9.17) is 11.6 Å². The summed E-state index contributed by atoms with van der Waals surface area (Å²) in [5.74, 6) is -2.06. The van der Waals surface area contributed by atoms with Gasteiger partial charge in [0.25, 0.3) is 0 Å². The van der Waals surface area contributed by atoms with Gasteiger partial charge in [0.1, 0.15) is 11.9 Å². The van der Waals surface area contributed by atoms with Crippen molar-refractivity contribution in [3.05, 3.63) is 94.2 Å². The van der Waals surface area contributed by atoms with Gasteiger partial charge in [-0.05, 0) is 54.0 Å². The van der Waals surface area contributed by atoms with Gasteiger partial charge in [0, 0.05) is 44.7 Å². The topological polar surface area (TPSA) is 101 Å². The maximum absolute atomic E-state index is 14.1. The summed E-state index contributed by atoms with van der Waals surface area (Å²) >= 11 is 6.78. The molecule has 0 unspecified atom stereocenters. The van der Waals surface area contributed by atoms with Crippen LogP contribution in [0.3, 0.4) is 0 Å². The summed E-state index contributed by atoms with van der Waals surface area (Å²) in [6.07, 6.45) is -3.39. The van der Waals surface area contributed by atoms with Crippen LogP contribution in [0.25, 0.3) is 0 Å². The van der Waals surface area contributed by atoms with E-state index in [1.165, 1.54) is 17.9 Å². The van der Waals surface area contributed by atoms with Crippen molar-refractivity contribution in [1.82, 2.24) is 9.88 Å². The van der Waals surface area contributed by atoms with Gasteiger partial charge in [-0.2, -0.15) is 18.4 Å². The molecule has 3 aliphatic rings. The molecule has 3 aromatic rings. The normalized spacial score (nSPS) is 20.7. The van der Waals surface area contributed by atoms with Gasteiger partial charge in [0.2, 0.25) is 17.7 Å². The average Bonchev–Trinajstić information content (AvgIpc) is 3.54. The van der Waals surface area contributed by atoms with E-state index >= 15 is 0 Å². The third kappa shape index (κ3) is 5.69. The fourth-order valence-corrected chi connectivity index (χ4v) is 7.25. The van der Waals surface area contributed by atoms with Crippen LogP contribution >= 0.6 is 11.6 Å². The van der Waals surface area contributed by atoms with Crippen molar-refractivity contribution >= 4 is 46.5 Å². The number of amides is 3. The lowest BCUT2D eigenvalue weighted by molar-refractivity contribution is -0.137. The number of nitrogens with zero attached hydrogens (tertiary/aromatic N) is 6. The molecule has 0 N–H and O–H groups in total. The fraction of sp³-hybridized carbons (Fsp3) is 0.324. The van der Waals surface area contributed by atoms with Crippen LogP contribution in [-0.2, 0) is 33.6 Å². The Morgan fingerprint density at radius 2 is 1.96 bits per heavy atom. The summed E-state index contributed by atoms with van der Waals surface area (Å²) in [6, 6.07) is 13.3. The number of anilines is 3. The standard InChI is InChI=1S/C34H30ClF3N6O3/c1-4-29(45)43-18-21-13-20(8-9-24(21)26(43)10-11-39)16-42-17-22-14-30(46)44(28-15-23(34(36,37)38)12-19(2)40-28)31(22)33(47)41(3)27-7-5-6-25(35)32(27)42/h4-9,12-13,15,22,26,31H,1,10,14,16-18H2,2-3H3/t22-,26-,31+/m1/s1. The number of likely N-dealkylation sites (N-methyl/N-ethyl adjacent to an activating group) is 1. The molecule has 1 fully saturated rings. The number of carbonyl (C=O) groups excluding carboxylic acids is 3. The van der Waals surface area contributed by atoms with E-state index in [2.05, 4.69) is 17.6 Å². The molecule has 13 heteroatoms. The molecular formula is C34H30ClF3N6O3. The van der Waals surface area contributed by atoms with Crippen LogP contribution in [0.4, 0.5) is 30.4 Å². The van der Waals surface area contributed by atoms with Crippen LogP contribution in [0.5, 0.6) is 0 Å². The Morgan fingerprint density at radius 1 is 1.19 bits per heavy atom. The third-order valence-corrected chi connectivity index (χ3v) is 9.33. The highest BCUT2D eigenvalue weighted by Gasteiger charge is 2.49. The van der Waals surface area contributed by atoms with E-state index in [1.54, 1.807) is 30.1 Å². The number of rotatable bonds is 5. The van der Waals surface area contributed by atoms with Crippen LogP contribution < -0.4 is 14.7 Å². The fourth-order valence-electron chi connectivity index (χ4n) is 6.96. The first-order valence-corrected chi connectivity index (χ1v) is 15.3. The molecule has 3 amide bonds. The molecule has 1 aromatic heterocycles. The predicted octanol–water partition coefficient (Wildman–Crippen LogP) is 5.95. The summed E-state index contributed by atoms with van der Waals surface area (Å²) in [5.41, 5.74) is 2.80. The zero-order valence-corrected chi connectivity index (χ0v) is 26.3. The Bertz CT molecular complexity index is 1860. The summed E-state index contributed by atoms with van der Waals surface area (Å²) in [5, 5.41) is 9.79. The van der Waals surface area contributed by atoms with Gasteiger partial charge in [-0.1, -0.05) is 42.4 Å². The van der Waals surface area contributed by atoms with E-state index in [0.717, 1.165) is 33.7 Å². The number of aromatic nitrogens is 1. The van der Waals surface area contributed by atoms with Crippen LogP contribution in [0.1, 0.15) is 46.8 Å². The third-order valence-electron chi connectivity index (χ3n) is 9.02. The Morgan fingerprint density at radius 3 is 2.66 bits per heavy atom. The molecular weight excluding hydrogens is 633 g/mol. The van der Waals surface area contributed by atoms with E-state index in [1.807, 2.05) is 23.1 Å². The number of aryl methyl sites for hydroxylation is 1. The average molecular weight is 663 g/mol. The second-order valence-electron chi connectivity index (χ2n) is 12.0. The van der Waals surface area contributed by atoms with Gasteiger partial charge in [-0.25, -0.2) is 4.98 Å². The van der Waals surface area contributed by atoms with Crippen molar-refractivity contribution in [1.29, 1.82) is 5.26 Å². The summed E-state index contributed by atoms with van der Waals surface area (Å²) in [4.78, 5) is 50.6. The molecule has 47 heavy (non-hydrogen) atoms. The molecule has 242 valence electrons. The van der Waals surface area contributed by atoms with Crippen LogP contribution in [0, 0.1) is 24.2 Å². The highest BCUT2D eigenvalue weighted by Crippen LogP contribution is 2.44. The zero-order chi connectivity index (χ0) is 33.8. The maximum Gasteiger partial charge on any atom is 0.416 e. The number of halogens is 4. The minimum Gasteiger partial charge on any atom is -0.364 e. The lowest BCUT2D eigenvalue weighted by Gasteiger charge is -2.39. The molecule has 0 saturated carbocycles. The molecule has 0 bridgehead atoms. The van der Waals surface area contributed by atoms with Crippen molar-refractivity contribution in [2.75, 3.05) is 28.3 Å². The molecule has 6 rings (SSSR count). The van der Waals surface area contributed by atoms with Gasteiger partial charge in [0.05, 0.1) is 40.5 Å². The quantitative estimate of drug-likeness (QED) is 0.313. The first-order valence-electron chi connectivity index (χ1n) is 14.9. The van der Waals surface area contributed by atoms with Crippen molar-refractivity contribution in [2.45, 2.75) is 51.1 Å².